The maximum Gasteiger partial charge on any atom is 0.333 e. The van der Waals surface area contributed by atoms with Gasteiger partial charge in [-0.3, -0.25) is 28.8 Å². The van der Waals surface area contributed by atoms with Crippen LogP contribution in [0.4, 0.5) is 4.79 Å². The van der Waals surface area contributed by atoms with Crippen molar-refractivity contribution in [3.05, 3.63) is 32.0 Å². The minimum atomic E-state index is -0.881. The molecule has 0 spiro atoms. The number of amides is 4. The predicted molar refractivity (Wildman–Crippen MR) is 93.9 cm³/mol. The van der Waals surface area contributed by atoms with E-state index in [1.54, 1.807) is 27.7 Å². The molecule has 146 valence electrons. The van der Waals surface area contributed by atoms with Crippen molar-refractivity contribution < 1.29 is 19.5 Å². The van der Waals surface area contributed by atoms with Crippen molar-refractivity contribution in [3.8, 4) is 5.88 Å². The molecule has 4 amide bonds. The van der Waals surface area contributed by atoms with Crippen LogP contribution in [0.3, 0.4) is 0 Å². The quantitative estimate of drug-likeness (QED) is 0.495. The lowest BCUT2D eigenvalue weighted by molar-refractivity contribution is -0.280. The van der Waals surface area contributed by atoms with Crippen molar-refractivity contribution in [2.75, 3.05) is 13.1 Å². The van der Waals surface area contributed by atoms with E-state index in [0.29, 0.717) is 0 Å². The number of likely N-dealkylation sites (N-methyl/N-ethyl adjacent to an activating group) is 2. The van der Waals surface area contributed by atoms with Gasteiger partial charge >= 0.3 is 11.7 Å². The van der Waals surface area contributed by atoms with Gasteiger partial charge in [-0.25, -0.2) is 9.59 Å². The fourth-order valence-corrected chi connectivity index (χ4v) is 2.91. The molecule has 10 heteroatoms. The Labute approximate surface area is 154 Å². The zero-order chi connectivity index (χ0) is 20.5. The van der Waals surface area contributed by atoms with E-state index in [1.807, 2.05) is 0 Å². The average Bonchev–Trinajstić information content (AvgIpc) is 2.62. The normalized spacial score (nSPS) is 15.0. The van der Waals surface area contributed by atoms with E-state index >= 15 is 0 Å². The summed E-state index contributed by atoms with van der Waals surface area (Å²) < 4.78 is 1.71. The van der Waals surface area contributed by atoms with Crippen LogP contribution in [0.2, 0.25) is 0 Å². The van der Waals surface area contributed by atoms with Crippen molar-refractivity contribution in [2.45, 2.75) is 40.8 Å². The standard InChI is InChI=1S/C17H22N4O6/c1-5-18-12(22)10(13(23)19(6-2)16(18)26)9-11-14(24)20(7-3)17(27)21(8-4)15(11)25/h9,22H,5-8H2,1-4H3/p-1. The summed E-state index contributed by atoms with van der Waals surface area (Å²) in [7, 11) is 0. The molecule has 0 N–H and O–H groups in total. The smallest absolute Gasteiger partial charge is 0.333 e. The van der Waals surface area contributed by atoms with Crippen molar-refractivity contribution in [2.24, 2.45) is 0 Å². The molecule has 0 radical (unpaired) electrons. The van der Waals surface area contributed by atoms with Crippen LogP contribution in [-0.4, -0.2) is 49.9 Å². The van der Waals surface area contributed by atoms with Crippen molar-refractivity contribution in [1.29, 1.82) is 0 Å². The lowest BCUT2D eigenvalue weighted by atomic mass is 10.1. The topological polar surface area (TPSA) is 125 Å². The van der Waals surface area contributed by atoms with Crippen molar-refractivity contribution >= 4 is 23.9 Å². The van der Waals surface area contributed by atoms with Crippen molar-refractivity contribution in [1.82, 2.24) is 18.9 Å². The number of barbiturate groups is 1. The first-order valence-electron chi connectivity index (χ1n) is 8.68. The minimum Gasteiger partial charge on any atom is -0.859 e. The molecule has 10 nitrogen and oxygen atoms in total. The molecular formula is C17H21N4O6-. The van der Waals surface area contributed by atoms with E-state index in [4.69, 9.17) is 0 Å². The summed E-state index contributed by atoms with van der Waals surface area (Å²) in [6.45, 7) is 6.37. The summed E-state index contributed by atoms with van der Waals surface area (Å²) in [4.78, 5) is 63.8. The second kappa shape index (κ2) is 7.60. The third-order valence-corrected chi connectivity index (χ3v) is 4.38. The summed E-state index contributed by atoms with van der Waals surface area (Å²) in [5.74, 6) is -2.64. The molecular weight excluding hydrogens is 356 g/mol. The zero-order valence-electron chi connectivity index (χ0n) is 15.6. The van der Waals surface area contributed by atoms with Crippen LogP contribution >= 0.6 is 0 Å². The third kappa shape index (κ3) is 3.07. The third-order valence-electron chi connectivity index (χ3n) is 4.38. The lowest BCUT2D eigenvalue weighted by Crippen LogP contribution is -2.56. The Morgan fingerprint density at radius 3 is 1.67 bits per heavy atom. The fourth-order valence-electron chi connectivity index (χ4n) is 2.91. The van der Waals surface area contributed by atoms with Crippen LogP contribution in [-0.2, 0) is 22.7 Å². The largest absolute Gasteiger partial charge is 0.859 e. The molecule has 0 atom stereocenters. The molecule has 1 aliphatic rings. The number of carbonyl (C=O) groups is 3. The van der Waals surface area contributed by atoms with Crippen molar-refractivity contribution in [3.63, 3.8) is 0 Å². The second-order valence-electron chi connectivity index (χ2n) is 5.73. The van der Waals surface area contributed by atoms with Crippen LogP contribution in [0, 0.1) is 0 Å². The van der Waals surface area contributed by atoms with E-state index in [-0.39, 0.29) is 26.2 Å². The molecule has 1 aromatic rings. The zero-order valence-corrected chi connectivity index (χ0v) is 15.6. The number of carbonyl (C=O) groups excluding carboxylic acids is 3. The van der Waals surface area contributed by atoms with E-state index in [1.165, 1.54) is 0 Å². The molecule has 0 aliphatic carbocycles. The molecule has 0 aromatic carbocycles. The monoisotopic (exact) mass is 377 g/mol. The number of hydrogen-bond donors (Lipinski definition) is 0. The average molecular weight is 377 g/mol. The van der Waals surface area contributed by atoms with Crippen LogP contribution in [0.25, 0.3) is 6.08 Å². The Bertz CT molecular complexity index is 927. The fraction of sp³-hybridized carbons (Fsp3) is 0.471. The van der Waals surface area contributed by atoms with E-state index in [2.05, 4.69) is 0 Å². The maximum absolute atomic E-state index is 12.6. The van der Waals surface area contributed by atoms with Gasteiger partial charge in [-0.2, -0.15) is 0 Å². The van der Waals surface area contributed by atoms with Crippen LogP contribution in [0.1, 0.15) is 33.3 Å². The first-order chi connectivity index (χ1) is 12.7. The highest BCUT2D eigenvalue weighted by molar-refractivity contribution is 6.30. The molecule has 1 aromatic heterocycles. The highest BCUT2D eigenvalue weighted by Gasteiger charge is 2.40. The van der Waals surface area contributed by atoms with E-state index < -0.39 is 46.1 Å². The number of rotatable bonds is 5. The highest BCUT2D eigenvalue weighted by atomic mass is 16.3. The van der Waals surface area contributed by atoms with Gasteiger partial charge in [-0.15, -0.1) is 0 Å². The molecule has 0 saturated carbocycles. The Morgan fingerprint density at radius 1 is 0.778 bits per heavy atom. The van der Waals surface area contributed by atoms with Crippen LogP contribution in [0.5, 0.6) is 5.88 Å². The molecule has 1 saturated heterocycles. The van der Waals surface area contributed by atoms with Gasteiger partial charge in [0.15, 0.2) is 0 Å². The van der Waals surface area contributed by atoms with Gasteiger partial charge in [0.2, 0.25) is 0 Å². The Kier molecular flexibility index (Phi) is 5.67. The Morgan fingerprint density at radius 2 is 1.26 bits per heavy atom. The van der Waals surface area contributed by atoms with Gasteiger partial charge in [0.05, 0.1) is 0 Å². The van der Waals surface area contributed by atoms with Crippen LogP contribution in [0.15, 0.2) is 15.2 Å². The number of aromatic nitrogens is 2. The molecule has 1 aliphatic heterocycles. The van der Waals surface area contributed by atoms with Gasteiger partial charge in [0, 0.05) is 31.7 Å². The number of nitrogens with zero attached hydrogens (tertiary/aromatic N) is 4. The predicted octanol–water partition coefficient (Wildman–Crippen LogP) is -0.663. The van der Waals surface area contributed by atoms with E-state index in [0.717, 1.165) is 25.0 Å². The summed E-state index contributed by atoms with van der Waals surface area (Å²) in [5, 5.41) is 12.6. The van der Waals surface area contributed by atoms with Gasteiger partial charge in [-0.1, -0.05) is 0 Å². The van der Waals surface area contributed by atoms with Crippen LogP contribution < -0.4 is 16.4 Å². The number of urea groups is 1. The number of hydrogen-bond acceptors (Lipinski definition) is 6. The lowest BCUT2D eigenvalue weighted by Gasteiger charge is -2.32. The van der Waals surface area contributed by atoms with Gasteiger partial charge in [0.1, 0.15) is 5.57 Å². The number of imide groups is 2. The molecule has 2 rings (SSSR count). The van der Waals surface area contributed by atoms with Gasteiger partial charge < -0.3 is 9.67 Å². The first-order valence-corrected chi connectivity index (χ1v) is 8.68. The summed E-state index contributed by atoms with van der Waals surface area (Å²) in [6, 6.07) is -0.751. The molecule has 0 bridgehead atoms. The Hall–Kier alpha value is -3.17. The maximum atomic E-state index is 12.6. The molecule has 0 unspecified atom stereocenters. The summed E-state index contributed by atoms with van der Waals surface area (Å²) in [6.07, 6.45) is 0.894. The summed E-state index contributed by atoms with van der Waals surface area (Å²) in [5.41, 5.74) is -2.56. The first kappa shape index (κ1) is 20.1. The molecule has 1 fully saturated rings. The van der Waals surface area contributed by atoms with Gasteiger partial charge in [0.25, 0.3) is 17.4 Å². The highest BCUT2D eigenvalue weighted by Crippen LogP contribution is 2.21. The SMILES string of the molecule is CCN1C(=O)C(=Cc2c([O-])n(CC)c(=O)n(CC)c2=O)C(=O)N(CC)C1=O. The molecule has 27 heavy (non-hydrogen) atoms. The second-order valence-corrected chi connectivity index (χ2v) is 5.73. The minimum absolute atomic E-state index is 0.0245. The molecule has 2 heterocycles. The van der Waals surface area contributed by atoms with E-state index in [9.17, 15) is 29.1 Å². The Balaban J connectivity index is 2.79. The van der Waals surface area contributed by atoms with Gasteiger partial charge in [-0.05, 0) is 39.7 Å². The summed E-state index contributed by atoms with van der Waals surface area (Å²) >= 11 is 0.